The van der Waals surface area contributed by atoms with Crippen LogP contribution in [0, 0.1) is 5.92 Å². The van der Waals surface area contributed by atoms with Crippen LogP contribution in [0.1, 0.15) is 34.9 Å². The van der Waals surface area contributed by atoms with Crippen LogP contribution in [0.4, 0.5) is 13.2 Å². The van der Waals surface area contributed by atoms with Crippen LogP contribution in [-0.2, 0) is 25.6 Å². The quantitative estimate of drug-likeness (QED) is 0.651. The number of rotatable bonds is 2. The summed E-state index contributed by atoms with van der Waals surface area (Å²) in [7, 11) is 0. The summed E-state index contributed by atoms with van der Waals surface area (Å²) >= 11 is 1.54. The summed E-state index contributed by atoms with van der Waals surface area (Å²) in [6.07, 6.45) is -0.300. The van der Waals surface area contributed by atoms with Crippen LogP contribution >= 0.6 is 11.3 Å². The van der Waals surface area contributed by atoms with Crippen molar-refractivity contribution in [2.45, 2.75) is 38.9 Å². The van der Waals surface area contributed by atoms with E-state index in [4.69, 9.17) is 0 Å². The van der Waals surface area contributed by atoms with Gasteiger partial charge in [-0.1, -0.05) is 25.1 Å². The molecule has 136 valence electrons. The van der Waals surface area contributed by atoms with Gasteiger partial charge in [-0.05, 0) is 42.4 Å². The minimum atomic E-state index is -4.45. The van der Waals surface area contributed by atoms with Crippen molar-refractivity contribution >= 4 is 21.6 Å². The predicted molar refractivity (Wildman–Crippen MR) is 95.6 cm³/mol. The third kappa shape index (κ3) is 2.94. The van der Waals surface area contributed by atoms with Crippen molar-refractivity contribution in [3.05, 3.63) is 62.5 Å². The van der Waals surface area contributed by atoms with Gasteiger partial charge in [0.1, 0.15) is 4.83 Å². The molecule has 0 bridgehead atoms. The van der Waals surface area contributed by atoms with Crippen LogP contribution in [0.3, 0.4) is 0 Å². The van der Waals surface area contributed by atoms with Crippen LogP contribution in [0.2, 0.25) is 0 Å². The summed E-state index contributed by atoms with van der Waals surface area (Å²) < 4.78 is 40.9. The Morgan fingerprint density at radius 1 is 1.31 bits per heavy atom. The van der Waals surface area contributed by atoms with Crippen LogP contribution in [0.5, 0.6) is 0 Å². The topological polar surface area (TPSA) is 34.9 Å². The number of aryl methyl sites for hydroxylation is 1. The molecule has 1 aromatic carbocycles. The van der Waals surface area contributed by atoms with Gasteiger partial charge in [0.05, 0.1) is 23.8 Å². The Balaban J connectivity index is 1.80. The summed E-state index contributed by atoms with van der Waals surface area (Å²) in [6, 6.07) is 5.35. The molecule has 0 fully saturated rings. The zero-order chi connectivity index (χ0) is 18.5. The van der Waals surface area contributed by atoms with Crippen molar-refractivity contribution in [2.24, 2.45) is 5.92 Å². The Labute approximate surface area is 152 Å². The third-order valence-electron chi connectivity index (χ3n) is 4.95. The molecule has 0 aliphatic heterocycles. The number of benzene rings is 1. The van der Waals surface area contributed by atoms with Crippen molar-refractivity contribution in [1.29, 1.82) is 0 Å². The largest absolute Gasteiger partial charge is 0.416 e. The Bertz CT molecular complexity index is 1040. The summed E-state index contributed by atoms with van der Waals surface area (Å²) in [5.74, 6) is 0.580. The van der Waals surface area contributed by atoms with Crippen LogP contribution in [0.25, 0.3) is 10.2 Å². The van der Waals surface area contributed by atoms with E-state index >= 15 is 0 Å². The number of hydrogen-bond acceptors (Lipinski definition) is 3. The average molecular weight is 378 g/mol. The summed E-state index contributed by atoms with van der Waals surface area (Å²) in [5, 5.41) is 0.587. The second-order valence-electron chi connectivity index (χ2n) is 6.86. The SMILES string of the molecule is C[C@H]1CCc2c(sc3ncn(Cc4ccccc4C(F)(F)F)c(=O)c23)C1. The molecule has 0 unspecified atom stereocenters. The molecule has 1 atom stereocenters. The number of halogens is 3. The predicted octanol–water partition coefficient (Wildman–Crippen LogP) is 4.65. The lowest BCUT2D eigenvalue weighted by molar-refractivity contribution is -0.138. The number of hydrogen-bond donors (Lipinski definition) is 0. The molecule has 0 N–H and O–H groups in total. The molecule has 7 heteroatoms. The minimum Gasteiger partial charge on any atom is -0.294 e. The smallest absolute Gasteiger partial charge is 0.294 e. The van der Waals surface area contributed by atoms with E-state index in [1.54, 1.807) is 6.07 Å². The third-order valence-corrected chi connectivity index (χ3v) is 6.11. The molecule has 1 aliphatic carbocycles. The fourth-order valence-corrected chi connectivity index (χ4v) is 4.94. The monoisotopic (exact) mass is 378 g/mol. The number of thiophene rings is 1. The van der Waals surface area contributed by atoms with Gasteiger partial charge in [0.2, 0.25) is 0 Å². The first-order valence-electron chi connectivity index (χ1n) is 8.49. The van der Waals surface area contributed by atoms with Gasteiger partial charge in [-0.2, -0.15) is 13.2 Å². The van der Waals surface area contributed by atoms with Gasteiger partial charge < -0.3 is 0 Å². The average Bonchev–Trinajstić information content (AvgIpc) is 2.95. The molecule has 2 aromatic heterocycles. The Kier molecular flexibility index (Phi) is 4.14. The van der Waals surface area contributed by atoms with Gasteiger partial charge >= 0.3 is 6.18 Å². The Morgan fingerprint density at radius 3 is 2.85 bits per heavy atom. The van der Waals surface area contributed by atoms with Crippen molar-refractivity contribution in [3.63, 3.8) is 0 Å². The van der Waals surface area contributed by atoms with E-state index in [0.29, 0.717) is 16.1 Å². The molecule has 2 heterocycles. The molecule has 3 aromatic rings. The highest BCUT2D eigenvalue weighted by molar-refractivity contribution is 7.18. The first-order chi connectivity index (χ1) is 12.3. The van der Waals surface area contributed by atoms with Crippen LogP contribution in [-0.4, -0.2) is 9.55 Å². The molecular formula is C19H17F3N2OS. The van der Waals surface area contributed by atoms with E-state index in [9.17, 15) is 18.0 Å². The second kappa shape index (κ2) is 6.23. The highest BCUT2D eigenvalue weighted by Gasteiger charge is 2.33. The lowest BCUT2D eigenvalue weighted by Gasteiger charge is -2.17. The lowest BCUT2D eigenvalue weighted by atomic mass is 9.89. The maximum Gasteiger partial charge on any atom is 0.416 e. The maximum atomic E-state index is 13.2. The first-order valence-corrected chi connectivity index (χ1v) is 9.31. The molecule has 0 amide bonds. The molecule has 1 aliphatic rings. The molecule has 0 radical (unpaired) electrons. The van der Waals surface area contributed by atoms with Gasteiger partial charge in [-0.3, -0.25) is 9.36 Å². The number of fused-ring (bicyclic) bond motifs is 3. The first kappa shape index (κ1) is 17.3. The van der Waals surface area contributed by atoms with Gasteiger partial charge in [-0.15, -0.1) is 11.3 Å². The molecule has 26 heavy (non-hydrogen) atoms. The highest BCUT2D eigenvalue weighted by atomic mass is 32.1. The summed E-state index contributed by atoms with van der Waals surface area (Å²) in [6.45, 7) is 2.05. The molecule has 0 spiro atoms. The fourth-order valence-electron chi connectivity index (χ4n) is 3.60. The molecular weight excluding hydrogens is 361 g/mol. The molecule has 4 rings (SSSR count). The molecule has 3 nitrogen and oxygen atoms in total. The molecule has 0 saturated carbocycles. The van der Waals surface area contributed by atoms with Crippen molar-refractivity contribution in [2.75, 3.05) is 0 Å². The van der Waals surface area contributed by atoms with Crippen LogP contribution in [0.15, 0.2) is 35.4 Å². The zero-order valence-corrected chi connectivity index (χ0v) is 15.0. The molecule has 0 saturated heterocycles. The van der Waals surface area contributed by atoms with E-state index in [1.165, 1.54) is 39.2 Å². The van der Waals surface area contributed by atoms with E-state index in [0.717, 1.165) is 30.9 Å². The van der Waals surface area contributed by atoms with Crippen molar-refractivity contribution in [3.8, 4) is 0 Å². The minimum absolute atomic E-state index is 0.0703. The van der Waals surface area contributed by atoms with E-state index in [-0.39, 0.29) is 17.7 Å². The highest BCUT2D eigenvalue weighted by Crippen LogP contribution is 2.36. The number of nitrogens with zero attached hydrogens (tertiary/aromatic N) is 2. The van der Waals surface area contributed by atoms with E-state index < -0.39 is 11.7 Å². The maximum absolute atomic E-state index is 13.2. The van der Waals surface area contributed by atoms with Crippen LogP contribution < -0.4 is 5.56 Å². The van der Waals surface area contributed by atoms with Gasteiger partial charge in [0, 0.05) is 4.88 Å². The van der Waals surface area contributed by atoms with E-state index in [1.807, 2.05) is 0 Å². The summed E-state index contributed by atoms with van der Waals surface area (Å²) in [4.78, 5) is 19.2. The zero-order valence-electron chi connectivity index (χ0n) is 14.1. The Morgan fingerprint density at radius 2 is 2.08 bits per heavy atom. The van der Waals surface area contributed by atoms with Gasteiger partial charge in [0.15, 0.2) is 0 Å². The fraction of sp³-hybridized carbons (Fsp3) is 0.368. The van der Waals surface area contributed by atoms with Crippen molar-refractivity contribution < 1.29 is 13.2 Å². The number of alkyl halides is 3. The van der Waals surface area contributed by atoms with Crippen molar-refractivity contribution in [1.82, 2.24) is 9.55 Å². The summed E-state index contributed by atoms with van der Waals surface area (Å²) in [5.41, 5.74) is 0.146. The lowest BCUT2D eigenvalue weighted by Crippen LogP contribution is -2.23. The number of aromatic nitrogens is 2. The second-order valence-corrected chi connectivity index (χ2v) is 7.95. The van der Waals surface area contributed by atoms with Gasteiger partial charge in [0.25, 0.3) is 5.56 Å². The normalized spacial score (nSPS) is 17.5. The van der Waals surface area contributed by atoms with Gasteiger partial charge in [-0.25, -0.2) is 4.98 Å². The van der Waals surface area contributed by atoms with E-state index in [2.05, 4.69) is 11.9 Å². The Hall–Kier alpha value is -2.15. The standard InChI is InChI=1S/C19H17F3N2OS/c1-11-6-7-13-15(8-11)26-17-16(13)18(25)24(10-23-17)9-12-4-2-3-5-14(12)19(20,21)22/h2-5,10-11H,6-9H2,1H3/t11-/m0/s1.